The van der Waals surface area contributed by atoms with E-state index in [-0.39, 0.29) is 12.5 Å². The Morgan fingerprint density at radius 2 is 1.70 bits per heavy atom. The monoisotopic (exact) mass is 546 g/mol. The van der Waals surface area contributed by atoms with Crippen molar-refractivity contribution in [3.05, 3.63) is 77.4 Å². The number of hydrogen-bond donors (Lipinski definition) is 2. The number of halogens is 4. The van der Waals surface area contributed by atoms with Gasteiger partial charge in [0.2, 0.25) is 0 Å². The molecule has 0 saturated carbocycles. The van der Waals surface area contributed by atoms with Crippen LogP contribution in [0, 0.1) is 6.92 Å². The third-order valence-corrected chi connectivity index (χ3v) is 5.91. The summed E-state index contributed by atoms with van der Waals surface area (Å²) >= 11 is 2.10. The molecule has 0 fully saturated rings. The zero-order valence-corrected chi connectivity index (χ0v) is 19.3. The zero-order valence-electron chi connectivity index (χ0n) is 16.3. The van der Waals surface area contributed by atoms with Crippen molar-refractivity contribution in [1.29, 1.82) is 0 Å². The standard InChI is InChI=1S/C22H22F3IN2OS/c1-15-5-9-19(10-6-15)29-20-11-7-18(8-12-20)28-21(14-27-30-26)16-3-2-4-17(13-16)22(23,24)25/h3,5-13,21,27-28H,2,4,14H2,1H3. The number of ether oxygens (including phenoxy) is 1. The minimum Gasteiger partial charge on any atom is -0.457 e. The summed E-state index contributed by atoms with van der Waals surface area (Å²) in [7, 11) is 1.41. The fraction of sp³-hybridized carbons (Fsp3) is 0.273. The molecule has 0 aromatic heterocycles. The van der Waals surface area contributed by atoms with Crippen LogP contribution in [0.25, 0.3) is 0 Å². The van der Waals surface area contributed by atoms with Crippen LogP contribution in [-0.2, 0) is 0 Å². The van der Waals surface area contributed by atoms with Crippen LogP contribution in [0.4, 0.5) is 18.9 Å². The first kappa shape index (κ1) is 23.0. The van der Waals surface area contributed by atoms with Crippen molar-refractivity contribution in [2.24, 2.45) is 0 Å². The Labute approximate surface area is 190 Å². The smallest absolute Gasteiger partial charge is 0.412 e. The van der Waals surface area contributed by atoms with Crippen LogP contribution < -0.4 is 14.8 Å². The number of hydrogen-bond acceptors (Lipinski definition) is 4. The molecule has 0 radical (unpaired) electrons. The first-order chi connectivity index (χ1) is 14.3. The van der Waals surface area contributed by atoms with Crippen molar-refractivity contribution in [2.75, 3.05) is 11.9 Å². The van der Waals surface area contributed by atoms with Crippen molar-refractivity contribution < 1.29 is 17.9 Å². The molecule has 160 valence electrons. The molecule has 0 aliphatic heterocycles. The van der Waals surface area contributed by atoms with Crippen molar-refractivity contribution in [2.45, 2.75) is 32.0 Å². The number of benzene rings is 2. The van der Waals surface area contributed by atoms with Gasteiger partial charge in [-0.1, -0.05) is 23.8 Å². The lowest BCUT2D eigenvalue weighted by atomic mass is 9.94. The predicted octanol–water partition coefficient (Wildman–Crippen LogP) is 7.36. The molecule has 0 bridgehead atoms. The van der Waals surface area contributed by atoms with E-state index >= 15 is 0 Å². The molecule has 0 amide bonds. The first-order valence-corrected chi connectivity index (χ1v) is 12.8. The van der Waals surface area contributed by atoms with Crippen LogP contribution in [0.1, 0.15) is 18.4 Å². The Morgan fingerprint density at radius 3 is 2.30 bits per heavy atom. The van der Waals surface area contributed by atoms with Crippen LogP contribution in [0.5, 0.6) is 11.5 Å². The van der Waals surface area contributed by atoms with Gasteiger partial charge in [0.15, 0.2) is 0 Å². The molecule has 1 aliphatic rings. The van der Waals surface area contributed by atoms with Crippen LogP contribution in [0.15, 0.2) is 71.8 Å². The minimum absolute atomic E-state index is 0.0270. The van der Waals surface area contributed by atoms with Crippen LogP contribution in [0.2, 0.25) is 0 Å². The van der Waals surface area contributed by atoms with Crippen molar-refractivity contribution in [3.63, 3.8) is 0 Å². The minimum atomic E-state index is -4.29. The van der Waals surface area contributed by atoms with Crippen LogP contribution >= 0.6 is 30.3 Å². The van der Waals surface area contributed by atoms with Crippen molar-refractivity contribution >= 4 is 36.0 Å². The van der Waals surface area contributed by atoms with Gasteiger partial charge in [0.05, 0.1) is 6.04 Å². The van der Waals surface area contributed by atoms with Gasteiger partial charge in [-0.15, -0.1) is 0 Å². The Kier molecular flexibility index (Phi) is 8.13. The Bertz CT molecular complexity index is 896. The maximum absolute atomic E-state index is 13.2. The Hall–Kier alpha value is -1.65. The highest BCUT2D eigenvalue weighted by molar-refractivity contribution is 14.2. The summed E-state index contributed by atoms with van der Waals surface area (Å²) in [5.74, 6) is 1.44. The summed E-state index contributed by atoms with van der Waals surface area (Å²) in [5, 5.41) is 3.34. The number of aryl methyl sites for hydroxylation is 1. The SMILES string of the molecule is Cc1ccc(Oc2ccc(NC(CNSI)C3=CCCC(C(F)(F)F)=C3)cc2)cc1. The molecule has 0 spiro atoms. The fourth-order valence-corrected chi connectivity index (χ4v) is 3.89. The summed E-state index contributed by atoms with van der Waals surface area (Å²) in [5.41, 5.74) is 2.14. The highest BCUT2D eigenvalue weighted by atomic mass is 127. The molecule has 30 heavy (non-hydrogen) atoms. The molecule has 2 aromatic rings. The Morgan fingerprint density at radius 1 is 1.07 bits per heavy atom. The number of rotatable bonds is 8. The van der Waals surface area contributed by atoms with Gasteiger partial charge in [-0.05, 0) is 76.9 Å². The lowest BCUT2D eigenvalue weighted by Crippen LogP contribution is -2.32. The lowest BCUT2D eigenvalue weighted by Gasteiger charge is -2.25. The third kappa shape index (κ3) is 6.68. The second kappa shape index (κ2) is 10.6. The molecular formula is C22H22F3IN2OS. The summed E-state index contributed by atoms with van der Waals surface area (Å²) in [4.78, 5) is 0. The van der Waals surface area contributed by atoms with Gasteiger partial charge in [-0.25, -0.2) is 0 Å². The molecule has 3 rings (SSSR count). The molecule has 8 heteroatoms. The van der Waals surface area contributed by atoms with Gasteiger partial charge < -0.3 is 10.1 Å². The molecule has 1 atom stereocenters. The van der Waals surface area contributed by atoms with Crippen LogP contribution in [0.3, 0.4) is 0 Å². The average Bonchev–Trinajstić information content (AvgIpc) is 2.73. The first-order valence-electron chi connectivity index (χ1n) is 9.44. The number of anilines is 1. The molecule has 1 unspecified atom stereocenters. The van der Waals surface area contributed by atoms with E-state index < -0.39 is 11.7 Å². The van der Waals surface area contributed by atoms with E-state index in [1.165, 1.54) is 15.2 Å². The summed E-state index contributed by atoms with van der Waals surface area (Å²) in [6, 6.07) is 14.9. The quantitative estimate of drug-likeness (QED) is 0.268. The highest BCUT2D eigenvalue weighted by Gasteiger charge is 2.34. The van der Waals surface area contributed by atoms with Crippen LogP contribution in [-0.4, -0.2) is 18.8 Å². The summed E-state index contributed by atoms with van der Waals surface area (Å²) in [6.45, 7) is 2.50. The highest BCUT2D eigenvalue weighted by Crippen LogP contribution is 2.34. The Balaban J connectivity index is 1.71. The number of allylic oxidation sites excluding steroid dienone is 2. The van der Waals surface area contributed by atoms with Crippen molar-refractivity contribution in [1.82, 2.24) is 4.72 Å². The van der Waals surface area contributed by atoms with Gasteiger partial charge in [0.25, 0.3) is 0 Å². The molecule has 3 nitrogen and oxygen atoms in total. The van der Waals surface area contributed by atoms with E-state index in [1.807, 2.05) is 61.5 Å². The zero-order chi connectivity index (χ0) is 21.6. The topological polar surface area (TPSA) is 33.3 Å². The van der Waals surface area contributed by atoms with E-state index in [0.29, 0.717) is 24.3 Å². The van der Waals surface area contributed by atoms with E-state index in [0.717, 1.165) is 17.0 Å². The molecular weight excluding hydrogens is 524 g/mol. The fourth-order valence-electron chi connectivity index (χ4n) is 3.12. The molecule has 0 saturated heterocycles. The van der Waals surface area contributed by atoms with Gasteiger partial charge >= 0.3 is 6.18 Å². The lowest BCUT2D eigenvalue weighted by molar-refractivity contribution is -0.0941. The third-order valence-electron chi connectivity index (χ3n) is 4.70. The van der Waals surface area contributed by atoms with E-state index in [9.17, 15) is 13.2 Å². The number of nitrogens with one attached hydrogen (secondary N) is 2. The average molecular weight is 546 g/mol. The maximum Gasteiger partial charge on any atom is 0.412 e. The second-order valence-corrected chi connectivity index (χ2v) is 8.74. The summed E-state index contributed by atoms with van der Waals surface area (Å²) in [6.07, 6.45) is -0.722. The number of alkyl halides is 3. The largest absolute Gasteiger partial charge is 0.457 e. The molecule has 2 aromatic carbocycles. The van der Waals surface area contributed by atoms with E-state index in [2.05, 4.69) is 31.2 Å². The van der Waals surface area contributed by atoms with Crippen molar-refractivity contribution in [3.8, 4) is 11.5 Å². The van der Waals surface area contributed by atoms with Gasteiger partial charge in [0, 0.05) is 39.0 Å². The normalized spacial score (nSPS) is 15.2. The maximum atomic E-state index is 13.2. The van der Waals surface area contributed by atoms with E-state index in [4.69, 9.17) is 4.74 Å². The second-order valence-electron chi connectivity index (χ2n) is 6.97. The van der Waals surface area contributed by atoms with Gasteiger partial charge in [-0.2, -0.15) is 13.2 Å². The molecule has 0 heterocycles. The van der Waals surface area contributed by atoms with E-state index in [1.54, 1.807) is 0 Å². The predicted molar refractivity (Wildman–Crippen MR) is 126 cm³/mol. The van der Waals surface area contributed by atoms with Gasteiger partial charge in [0.1, 0.15) is 11.5 Å². The van der Waals surface area contributed by atoms with Gasteiger partial charge in [-0.3, -0.25) is 4.72 Å². The molecule has 2 N–H and O–H groups in total. The molecule has 1 aliphatic carbocycles. The summed E-state index contributed by atoms with van der Waals surface area (Å²) < 4.78 is 48.4.